The molecule has 0 heterocycles. The third-order valence-electron chi connectivity index (χ3n) is 5.67. The SMILES string of the molecule is CCCCCCN(C(=O)C(NC(=O)OC(C)(C)C)C(C)C)C(C(=O)NC(C)C)c1ccc(O)c(C)c1. The maximum Gasteiger partial charge on any atom is 0.408 e. The van der Waals surface area contributed by atoms with Gasteiger partial charge in [0.1, 0.15) is 23.4 Å². The van der Waals surface area contributed by atoms with E-state index in [0.717, 1.165) is 25.7 Å². The zero-order chi connectivity index (χ0) is 27.6. The zero-order valence-electron chi connectivity index (χ0n) is 23.6. The highest BCUT2D eigenvalue weighted by atomic mass is 16.6. The Hall–Kier alpha value is -2.77. The Morgan fingerprint density at radius 2 is 1.67 bits per heavy atom. The molecular formula is C28H47N3O5. The molecule has 1 rings (SSSR count). The summed E-state index contributed by atoms with van der Waals surface area (Å²) in [6, 6.07) is 3.03. The minimum absolute atomic E-state index is 0.120. The first-order valence-electron chi connectivity index (χ1n) is 13.1. The summed E-state index contributed by atoms with van der Waals surface area (Å²) < 4.78 is 5.41. The average Bonchev–Trinajstić information content (AvgIpc) is 2.74. The second kappa shape index (κ2) is 14.1. The van der Waals surface area contributed by atoms with Crippen LogP contribution in [-0.4, -0.2) is 52.1 Å². The van der Waals surface area contributed by atoms with Crippen molar-refractivity contribution >= 4 is 17.9 Å². The van der Waals surface area contributed by atoms with Gasteiger partial charge in [-0.3, -0.25) is 9.59 Å². The first-order valence-corrected chi connectivity index (χ1v) is 13.1. The molecule has 0 saturated carbocycles. The number of aryl methyl sites for hydroxylation is 1. The normalized spacial score (nSPS) is 13.3. The van der Waals surface area contributed by atoms with Gasteiger partial charge in [0.2, 0.25) is 11.8 Å². The smallest absolute Gasteiger partial charge is 0.408 e. The number of nitrogens with zero attached hydrogens (tertiary/aromatic N) is 1. The Kier molecular flexibility index (Phi) is 12.2. The van der Waals surface area contributed by atoms with Gasteiger partial charge in [0, 0.05) is 12.6 Å². The van der Waals surface area contributed by atoms with Crippen molar-refractivity contribution in [2.45, 2.75) is 112 Å². The number of alkyl carbamates (subject to hydrolysis) is 1. The van der Waals surface area contributed by atoms with Crippen LogP contribution >= 0.6 is 0 Å². The lowest BCUT2D eigenvalue weighted by Crippen LogP contribution is -2.55. The number of benzene rings is 1. The van der Waals surface area contributed by atoms with Gasteiger partial charge in [-0.25, -0.2) is 4.79 Å². The van der Waals surface area contributed by atoms with Crippen LogP contribution in [0.3, 0.4) is 0 Å². The molecule has 36 heavy (non-hydrogen) atoms. The molecule has 2 atom stereocenters. The van der Waals surface area contributed by atoms with Crippen LogP contribution in [0.1, 0.15) is 98.2 Å². The lowest BCUT2D eigenvalue weighted by atomic mass is 9.97. The van der Waals surface area contributed by atoms with Gasteiger partial charge in [0.25, 0.3) is 0 Å². The zero-order valence-corrected chi connectivity index (χ0v) is 23.6. The highest BCUT2D eigenvalue weighted by molar-refractivity contribution is 5.92. The molecule has 0 radical (unpaired) electrons. The highest BCUT2D eigenvalue weighted by Gasteiger charge is 2.37. The minimum Gasteiger partial charge on any atom is -0.508 e. The number of phenolic OH excluding ortho intramolecular Hbond substituents is 1. The van der Waals surface area contributed by atoms with Gasteiger partial charge < -0.3 is 25.4 Å². The van der Waals surface area contributed by atoms with Crippen LogP contribution in [0.15, 0.2) is 18.2 Å². The Bertz CT molecular complexity index is 876. The summed E-state index contributed by atoms with van der Waals surface area (Å²) in [5, 5.41) is 15.8. The van der Waals surface area contributed by atoms with Gasteiger partial charge >= 0.3 is 6.09 Å². The molecule has 0 spiro atoms. The number of carbonyl (C=O) groups is 3. The van der Waals surface area contributed by atoms with Crippen molar-refractivity contribution in [2.24, 2.45) is 5.92 Å². The fraction of sp³-hybridized carbons (Fsp3) is 0.679. The number of phenols is 1. The lowest BCUT2D eigenvalue weighted by molar-refractivity contribution is -0.143. The Balaban J connectivity index is 3.49. The molecule has 3 N–H and O–H groups in total. The molecule has 0 fully saturated rings. The first-order chi connectivity index (χ1) is 16.7. The van der Waals surface area contributed by atoms with E-state index in [-0.39, 0.29) is 29.5 Å². The van der Waals surface area contributed by atoms with Crippen molar-refractivity contribution in [1.82, 2.24) is 15.5 Å². The minimum atomic E-state index is -0.914. The second-order valence-corrected chi connectivity index (χ2v) is 11.1. The van der Waals surface area contributed by atoms with Gasteiger partial charge in [-0.1, -0.05) is 46.1 Å². The summed E-state index contributed by atoms with van der Waals surface area (Å²) >= 11 is 0. The summed E-state index contributed by atoms with van der Waals surface area (Å²) in [6.07, 6.45) is 3.02. The van der Waals surface area contributed by atoms with E-state index in [9.17, 15) is 19.5 Å². The molecule has 0 saturated heterocycles. The maximum atomic E-state index is 14.0. The fourth-order valence-electron chi connectivity index (χ4n) is 3.89. The van der Waals surface area contributed by atoms with Crippen LogP contribution in [0.2, 0.25) is 0 Å². The average molecular weight is 506 g/mol. The van der Waals surface area contributed by atoms with Crippen molar-refractivity contribution in [2.75, 3.05) is 6.54 Å². The topological polar surface area (TPSA) is 108 Å². The van der Waals surface area contributed by atoms with Crippen LogP contribution < -0.4 is 10.6 Å². The largest absolute Gasteiger partial charge is 0.508 e. The van der Waals surface area contributed by atoms with Crippen molar-refractivity contribution in [1.29, 1.82) is 0 Å². The van der Waals surface area contributed by atoms with Crippen molar-refractivity contribution in [3.8, 4) is 5.75 Å². The number of rotatable bonds is 12. The molecule has 204 valence electrons. The summed E-state index contributed by atoms with van der Waals surface area (Å²) in [6.45, 7) is 16.9. The quantitative estimate of drug-likeness (QED) is 0.337. The molecule has 8 nitrogen and oxygen atoms in total. The summed E-state index contributed by atoms with van der Waals surface area (Å²) in [5.41, 5.74) is 0.505. The Labute approximate surface area is 217 Å². The van der Waals surface area contributed by atoms with Crippen LogP contribution in [0.25, 0.3) is 0 Å². The number of nitrogens with one attached hydrogen (secondary N) is 2. The molecule has 0 aromatic heterocycles. The van der Waals surface area contributed by atoms with E-state index >= 15 is 0 Å². The molecule has 0 bridgehead atoms. The molecule has 8 heteroatoms. The standard InChI is InChI=1S/C28H47N3O5/c1-10-11-12-13-16-31(26(34)23(18(2)3)30-27(35)36-28(7,8)9)24(25(33)29-19(4)5)21-14-15-22(32)20(6)17-21/h14-15,17-19,23-24,32H,10-13,16H2,1-9H3,(H,29,33)(H,30,35). The van der Waals surface area contributed by atoms with Crippen LogP contribution in [-0.2, 0) is 14.3 Å². The van der Waals surface area contributed by atoms with E-state index in [0.29, 0.717) is 17.7 Å². The number of unbranched alkanes of at least 4 members (excludes halogenated alkanes) is 3. The number of aromatic hydroxyl groups is 1. The fourth-order valence-corrected chi connectivity index (χ4v) is 3.89. The van der Waals surface area contributed by atoms with Crippen molar-refractivity contribution < 1.29 is 24.2 Å². The number of amides is 3. The summed E-state index contributed by atoms with van der Waals surface area (Å²) in [5.74, 6) is -0.770. The third-order valence-corrected chi connectivity index (χ3v) is 5.67. The van der Waals surface area contributed by atoms with Gasteiger partial charge in [0.05, 0.1) is 0 Å². The summed E-state index contributed by atoms with van der Waals surface area (Å²) in [4.78, 5) is 41.7. The van der Waals surface area contributed by atoms with E-state index < -0.39 is 23.8 Å². The van der Waals surface area contributed by atoms with E-state index in [1.807, 2.05) is 27.7 Å². The number of hydrogen-bond acceptors (Lipinski definition) is 5. The molecular weight excluding hydrogens is 458 g/mol. The van der Waals surface area contributed by atoms with E-state index in [2.05, 4.69) is 17.6 Å². The molecule has 0 aliphatic carbocycles. The van der Waals surface area contributed by atoms with Gasteiger partial charge in [-0.05, 0) is 77.1 Å². The number of carbonyl (C=O) groups excluding carboxylic acids is 3. The monoisotopic (exact) mass is 505 g/mol. The van der Waals surface area contributed by atoms with E-state index in [4.69, 9.17) is 4.74 Å². The van der Waals surface area contributed by atoms with Crippen molar-refractivity contribution in [3.05, 3.63) is 29.3 Å². The molecule has 0 aliphatic heterocycles. The first kappa shape index (κ1) is 31.3. The van der Waals surface area contributed by atoms with Crippen LogP contribution in [0.5, 0.6) is 5.75 Å². The van der Waals surface area contributed by atoms with Gasteiger partial charge in [-0.2, -0.15) is 0 Å². The summed E-state index contributed by atoms with van der Waals surface area (Å²) in [7, 11) is 0. The van der Waals surface area contributed by atoms with Gasteiger partial charge in [-0.15, -0.1) is 0 Å². The molecule has 1 aromatic rings. The number of hydrogen-bond donors (Lipinski definition) is 3. The van der Waals surface area contributed by atoms with Crippen LogP contribution in [0.4, 0.5) is 4.79 Å². The van der Waals surface area contributed by atoms with Crippen LogP contribution in [0, 0.1) is 12.8 Å². The van der Waals surface area contributed by atoms with Crippen molar-refractivity contribution in [3.63, 3.8) is 0 Å². The second-order valence-electron chi connectivity index (χ2n) is 11.1. The Morgan fingerprint density at radius 1 is 1.03 bits per heavy atom. The van der Waals surface area contributed by atoms with Gasteiger partial charge in [0.15, 0.2) is 0 Å². The molecule has 2 unspecified atom stereocenters. The predicted molar refractivity (Wildman–Crippen MR) is 143 cm³/mol. The molecule has 0 aliphatic rings. The maximum absolute atomic E-state index is 14.0. The van der Waals surface area contributed by atoms with E-state index in [1.54, 1.807) is 50.8 Å². The molecule has 1 aromatic carbocycles. The highest BCUT2D eigenvalue weighted by Crippen LogP contribution is 2.28. The Morgan fingerprint density at radius 3 is 2.17 bits per heavy atom. The number of ether oxygens (including phenoxy) is 1. The third kappa shape index (κ3) is 10.1. The molecule has 3 amide bonds. The van der Waals surface area contributed by atoms with E-state index in [1.165, 1.54) is 0 Å². The predicted octanol–water partition coefficient (Wildman–Crippen LogP) is 5.22. The lowest BCUT2D eigenvalue weighted by Gasteiger charge is -2.36.